The number of thiazole rings is 1. The van der Waals surface area contributed by atoms with Crippen molar-refractivity contribution in [2.24, 2.45) is 10.2 Å². The van der Waals surface area contributed by atoms with Crippen molar-refractivity contribution in [3.05, 3.63) is 11.1 Å². The molecule has 5 nitrogen and oxygen atoms in total. The summed E-state index contributed by atoms with van der Waals surface area (Å²) in [6.45, 7) is 0. The van der Waals surface area contributed by atoms with E-state index in [1.165, 1.54) is 17.5 Å². The summed E-state index contributed by atoms with van der Waals surface area (Å²) in [4.78, 5) is 15.4. The van der Waals surface area contributed by atoms with E-state index >= 15 is 0 Å². The maximum absolute atomic E-state index is 11.0. The van der Waals surface area contributed by atoms with E-state index in [-0.39, 0.29) is 5.91 Å². The van der Waals surface area contributed by atoms with Gasteiger partial charge in [0.15, 0.2) is 0 Å². The molecule has 0 unspecified atom stereocenters. The number of carbonyl (C=O) groups is 1. The minimum absolute atomic E-state index is 0.148. The van der Waals surface area contributed by atoms with Crippen LogP contribution < -0.4 is 5.32 Å². The van der Waals surface area contributed by atoms with Crippen molar-refractivity contribution in [1.82, 2.24) is 10.3 Å². The number of nitrogens with zero attached hydrogens (tertiary/aromatic N) is 3. The fraction of sp³-hybridized carbons (Fsp3) is 0.333. The number of aromatic nitrogens is 1. The van der Waals surface area contributed by atoms with Gasteiger partial charge in [0.05, 0.1) is 6.20 Å². The van der Waals surface area contributed by atoms with E-state index in [2.05, 4.69) is 20.5 Å². The molecule has 0 saturated carbocycles. The summed E-state index contributed by atoms with van der Waals surface area (Å²) in [5.41, 5.74) is 0. The third-order valence-corrected chi connectivity index (χ3v) is 2.01. The first-order valence-electron chi connectivity index (χ1n) is 3.25. The van der Waals surface area contributed by atoms with Crippen LogP contribution in [0, 0.1) is 0 Å². The van der Waals surface area contributed by atoms with E-state index in [0.29, 0.717) is 10.0 Å². The number of hydrogen-bond donors (Lipinski definition) is 1. The Labute approximate surface area is 73.5 Å². The Morgan fingerprint density at radius 2 is 2.50 bits per heavy atom. The lowest BCUT2D eigenvalue weighted by atomic mass is 10.5. The number of carbonyl (C=O) groups excluding carboxylic acids is 1. The van der Waals surface area contributed by atoms with Gasteiger partial charge in [0.2, 0.25) is 5.13 Å². The van der Waals surface area contributed by atoms with E-state index in [9.17, 15) is 4.79 Å². The highest BCUT2D eigenvalue weighted by Crippen LogP contribution is 2.20. The van der Waals surface area contributed by atoms with Crippen molar-refractivity contribution >= 4 is 22.4 Å². The highest BCUT2D eigenvalue weighted by molar-refractivity contribution is 7.17. The minimum Gasteiger partial charge on any atom is -0.354 e. The zero-order chi connectivity index (χ0) is 8.97. The summed E-state index contributed by atoms with van der Waals surface area (Å²) >= 11 is 1.21. The second-order valence-corrected chi connectivity index (χ2v) is 2.90. The maximum atomic E-state index is 11.0. The third-order valence-electron chi connectivity index (χ3n) is 1.13. The molecule has 12 heavy (non-hydrogen) atoms. The molecule has 0 fully saturated rings. The van der Waals surface area contributed by atoms with E-state index < -0.39 is 0 Å². The lowest BCUT2D eigenvalue weighted by Crippen LogP contribution is -2.15. The zero-order valence-corrected chi connectivity index (χ0v) is 7.55. The summed E-state index contributed by atoms with van der Waals surface area (Å²) in [7, 11) is 3.13. The van der Waals surface area contributed by atoms with Crippen molar-refractivity contribution < 1.29 is 4.79 Å². The maximum Gasteiger partial charge on any atom is 0.262 e. The first-order chi connectivity index (χ1) is 5.77. The fourth-order valence-corrected chi connectivity index (χ4v) is 1.35. The van der Waals surface area contributed by atoms with E-state index in [0.717, 1.165) is 0 Å². The van der Waals surface area contributed by atoms with Gasteiger partial charge in [-0.15, -0.1) is 5.11 Å². The van der Waals surface area contributed by atoms with Crippen LogP contribution in [0.25, 0.3) is 0 Å². The van der Waals surface area contributed by atoms with Gasteiger partial charge in [-0.3, -0.25) is 4.79 Å². The second kappa shape index (κ2) is 3.91. The molecule has 0 aliphatic carbocycles. The molecule has 1 heterocycles. The zero-order valence-electron chi connectivity index (χ0n) is 6.74. The lowest BCUT2D eigenvalue weighted by Gasteiger charge is -1.89. The van der Waals surface area contributed by atoms with Gasteiger partial charge in [-0.25, -0.2) is 4.98 Å². The van der Waals surface area contributed by atoms with Crippen LogP contribution in [-0.2, 0) is 0 Å². The Bertz CT molecular complexity index is 306. The molecule has 0 aromatic carbocycles. The number of azo groups is 1. The molecule has 1 rings (SSSR count). The Hall–Kier alpha value is -1.30. The predicted molar refractivity (Wildman–Crippen MR) is 45.9 cm³/mol. The summed E-state index contributed by atoms with van der Waals surface area (Å²) < 4.78 is 0. The van der Waals surface area contributed by atoms with Gasteiger partial charge in [0.25, 0.3) is 5.91 Å². The molecule has 64 valence electrons. The molecular formula is C6H8N4OS. The average Bonchev–Trinajstić information content (AvgIpc) is 2.52. The number of hydrogen-bond acceptors (Lipinski definition) is 5. The summed E-state index contributed by atoms with van der Waals surface area (Å²) in [5, 5.41) is 10.2. The van der Waals surface area contributed by atoms with Gasteiger partial charge in [-0.2, -0.15) is 5.11 Å². The van der Waals surface area contributed by atoms with Gasteiger partial charge in [-0.05, 0) is 0 Å². The largest absolute Gasteiger partial charge is 0.354 e. The molecule has 0 bridgehead atoms. The first kappa shape index (κ1) is 8.79. The molecule has 0 aliphatic heterocycles. The van der Waals surface area contributed by atoms with Gasteiger partial charge in [0, 0.05) is 14.1 Å². The van der Waals surface area contributed by atoms with Crippen LogP contribution in [0.4, 0.5) is 5.13 Å². The minimum atomic E-state index is -0.148. The van der Waals surface area contributed by atoms with Crippen LogP contribution in [0.2, 0.25) is 0 Å². The summed E-state index contributed by atoms with van der Waals surface area (Å²) in [6.07, 6.45) is 1.48. The van der Waals surface area contributed by atoms with Gasteiger partial charge in [-0.1, -0.05) is 11.3 Å². The molecule has 6 heteroatoms. The first-order valence-corrected chi connectivity index (χ1v) is 4.07. The molecule has 0 spiro atoms. The standard InChI is InChI=1S/C6H8N4OS/c1-7-5(11)4-3-9-6(12-4)10-8-2/h3H,1-2H3,(H,7,11). The third kappa shape index (κ3) is 1.85. The Kier molecular flexibility index (Phi) is 2.87. The van der Waals surface area contributed by atoms with Crippen LogP contribution in [0.1, 0.15) is 9.67 Å². The molecular weight excluding hydrogens is 176 g/mol. The van der Waals surface area contributed by atoms with Crippen molar-refractivity contribution in [3.63, 3.8) is 0 Å². The Balaban J connectivity index is 2.84. The molecule has 0 atom stereocenters. The van der Waals surface area contributed by atoms with Crippen LogP contribution >= 0.6 is 11.3 Å². The number of rotatable bonds is 2. The highest BCUT2D eigenvalue weighted by Gasteiger charge is 2.07. The Morgan fingerprint density at radius 3 is 3.08 bits per heavy atom. The highest BCUT2D eigenvalue weighted by atomic mass is 32.1. The normalized spacial score (nSPS) is 10.5. The van der Waals surface area contributed by atoms with Crippen molar-refractivity contribution in [2.45, 2.75) is 0 Å². The van der Waals surface area contributed by atoms with Crippen LogP contribution in [-0.4, -0.2) is 25.0 Å². The van der Waals surface area contributed by atoms with Gasteiger partial charge >= 0.3 is 0 Å². The topological polar surface area (TPSA) is 66.7 Å². The summed E-state index contributed by atoms with van der Waals surface area (Å²) in [6, 6.07) is 0. The summed E-state index contributed by atoms with van der Waals surface area (Å²) in [5.74, 6) is -0.148. The van der Waals surface area contributed by atoms with Crippen molar-refractivity contribution in [3.8, 4) is 0 Å². The molecule has 1 N–H and O–H groups in total. The molecule has 1 aromatic rings. The van der Waals surface area contributed by atoms with Gasteiger partial charge in [0.1, 0.15) is 4.88 Å². The average molecular weight is 184 g/mol. The monoisotopic (exact) mass is 184 g/mol. The molecule has 0 radical (unpaired) electrons. The SMILES string of the molecule is CN=Nc1ncc(C(=O)NC)s1. The second-order valence-electron chi connectivity index (χ2n) is 1.89. The number of amides is 1. The molecule has 0 aliphatic rings. The quantitative estimate of drug-likeness (QED) is 0.702. The lowest BCUT2D eigenvalue weighted by molar-refractivity contribution is 0.0967. The van der Waals surface area contributed by atoms with Crippen LogP contribution in [0.15, 0.2) is 16.4 Å². The molecule has 1 amide bonds. The van der Waals surface area contributed by atoms with Crippen LogP contribution in [0.3, 0.4) is 0 Å². The Morgan fingerprint density at radius 1 is 1.75 bits per heavy atom. The molecule has 1 aromatic heterocycles. The molecule has 0 saturated heterocycles. The smallest absolute Gasteiger partial charge is 0.262 e. The van der Waals surface area contributed by atoms with E-state index in [1.54, 1.807) is 14.1 Å². The van der Waals surface area contributed by atoms with Crippen molar-refractivity contribution in [2.75, 3.05) is 14.1 Å². The van der Waals surface area contributed by atoms with Crippen molar-refractivity contribution in [1.29, 1.82) is 0 Å². The fourth-order valence-electron chi connectivity index (χ4n) is 0.625. The van der Waals surface area contributed by atoms with Crippen LogP contribution in [0.5, 0.6) is 0 Å². The van der Waals surface area contributed by atoms with Gasteiger partial charge < -0.3 is 5.32 Å². The van der Waals surface area contributed by atoms with E-state index in [4.69, 9.17) is 0 Å². The number of nitrogens with one attached hydrogen (secondary N) is 1. The van der Waals surface area contributed by atoms with E-state index in [1.807, 2.05) is 0 Å². The predicted octanol–water partition coefficient (Wildman–Crippen LogP) is 1.22.